The molecular formula is C12H19NO2. The van der Waals surface area contributed by atoms with Crippen molar-refractivity contribution in [3.8, 4) is 5.75 Å². The highest BCUT2D eigenvalue weighted by atomic mass is 16.5. The number of aliphatic hydroxyl groups excluding tert-OH is 1. The molecule has 0 saturated heterocycles. The number of ether oxygens (including phenoxy) is 1. The summed E-state index contributed by atoms with van der Waals surface area (Å²) in [5.74, 6) is 0.913. The third kappa shape index (κ3) is 3.80. The molecule has 0 unspecified atom stereocenters. The van der Waals surface area contributed by atoms with Crippen LogP contribution in [0.15, 0.2) is 18.2 Å². The summed E-state index contributed by atoms with van der Waals surface area (Å²) in [6, 6.07) is 6.03. The SMILES string of the molecule is COc1ccc(NCCCCO)cc1C. The molecule has 2 N–H and O–H groups in total. The standard InChI is InChI=1S/C12H19NO2/c1-10-9-11(5-6-12(10)15-2)13-7-3-4-8-14/h5-6,9,13-14H,3-4,7-8H2,1-2H3. The van der Waals surface area contributed by atoms with Crippen LogP contribution < -0.4 is 10.1 Å². The zero-order valence-electron chi connectivity index (χ0n) is 9.42. The fourth-order valence-corrected chi connectivity index (χ4v) is 1.46. The number of aliphatic hydroxyl groups is 1. The van der Waals surface area contributed by atoms with Gasteiger partial charge in [0, 0.05) is 18.8 Å². The Morgan fingerprint density at radius 3 is 2.73 bits per heavy atom. The number of hydrogen-bond donors (Lipinski definition) is 2. The molecule has 15 heavy (non-hydrogen) atoms. The van der Waals surface area contributed by atoms with E-state index in [1.54, 1.807) is 7.11 Å². The molecular weight excluding hydrogens is 190 g/mol. The maximum Gasteiger partial charge on any atom is 0.121 e. The van der Waals surface area contributed by atoms with Gasteiger partial charge in [-0.25, -0.2) is 0 Å². The summed E-state index contributed by atoms with van der Waals surface area (Å²) < 4.78 is 5.18. The van der Waals surface area contributed by atoms with Crippen molar-refractivity contribution in [2.75, 3.05) is 25.6 Å². The molecule has 0 saturated carbocycles. The first-order chi connectivity index (χ1) is 7.27. The van der Waals surface area contributed by atoms with E-state index >= 15 is 0 Å². The van der Waals surface area contributed by atoms with Crippen LogP contribution in [0.5, 0.6) is 5.75 Å². The second-order valence-corrected chi connectivity index (χ2v) is 3.54. The lowest BCUT2D eigenvalue weighted by molar-refractivity contribution is 0.286. The summed E-state index contributed by atoms with van der Waals surface area (Å²) in [6.45, 7) is 3.19. The van der Waals surface area contributed by atoms with Gasteiger partial charge < -0.3 is 15.2 Å². The number of nitrogens with one attached hydrogen (secondary N) is 1. The van der Waals surface area contributed by atoms with E-state index in [0.717, 1.165) is 36.4 Å². The topological polar surface area (TPSA) is 41.5 Å². The van der Waals surface area contributed by atoms with Crippen molar-refractivity contribution in [3.05, 3.63) is 23.8 Å². The molecule has 84 valence electrons. The van der Waals surface area contributed by atoms with Gasteiger partial charge in [0.25, 0.3) is 0 Å². The molecule has 0 radical (unpaired) electrons. The zero-order chi connectivity index (χ0) is 11.1. The minimum absolute atomic E-state index is 0.267. The Kier molecular flexibility index (Phi) is 4.98. The van der Waals surface area contributed by atoms with Gasteiger partial charge in [-0.2, -0.15) is 0 Å². The molecule has 0 bridgehead atoms. The first-order valence-electron chi connectivity index (χ1n) is 5.27. The van der Waals surface area contributed by atoms with Gasteiger partial charge in [0.2, 0.25) is 0 Å². The molecule has 3 heteroatoms. The fourth-order valence-electron chi connectivity index (χ4n) is 1.46. The highest BCUT2D eigenvalue weighted by Gasteiger charge is 1.98. The smallest absolute Gasteiger partial charge is 0.121 e. The summed E-state index contributed by atoms with van der Waals surface area (Å²) in [5, 5.41) is 11.9. The summed E-state index contributed by atoms with van der Waals surface area (Å²) in [4.78, 5) is 0. The first kappa shape index (κ1) is 11.9. The Balaban J connectivity index is 2.45. The monoisotopic (exact) mass is 209 g/mol. The average molecular weight is 209 g/mol. The molecule has 0 aromatic heterocycles. The lowest BCUT2D eigenvalue weighted by Gasteiger charge is -2.09. The first-order valence-corrected chi connectivity index (χ1v) is 5.27. The van der Waals surface area contributed by atoms with Crippen LogP contribution >= 0.6 is 0 Å². The van der Waals surface area contributed by atoms with Crippen molar-refractivity contribution in [2.24, 2.45) is 0 Å². The van der Waals surface area contributed by atoms with E-state index in [-0.39, 0.29) is 6.61 Å². The Hall–Kier alpha value is -1.22. The number of benzene rings is 1. The highest BCUT2D eigenvalue weighted by molar-refractivity contribution is 5.50. The van der Waals surface area contributed by atoms with Crippen LogP contribution in [0.25, 0.3) is 0 Å². The number of methoxy groups -OCH3 is 1. The van der Waals surface area contributed by atoms with Gasteiger partial charge in [-0.15, -0.1) is 0 Å². The molecule has 1 rings (SSSR count). The van der Waals surface area contributed by atoms with E-state index in [1.807, 2.05) is 19.1 Å². The van der Waals surface area contributed by atoms with Crippen molar-refractivity contribution >= 4 is 5.69 Å². The molecule has 0 heterocycles. The summed E-state index contributed by atoms with van der Waals surface area (Å²) in [7, 11) is 1.68. The van der Waals surface area contributed by atoms with E-state index in [9.17, 15) is 0 Å². The molecule has 0 fully saturated rings. The van der Waals surface area contributed by atoms with Crippen molar-refractivity contribution in [1.82, 2.24) is 0 Å². The summed E-state index contributed by atoms with van der Waals surface area (Å²) >= 11 is 0. The van der Waals surface area contributed by atoms with Crippen molar-refractivity contribution in [2.45, 2.75) is 19.8 Å². The molecule has 0 amide bonds. The van der Waals surface area contributed by atoms with E-state index in [0.29, 0.717) is 0 Å². The largest absolute Gasteiger partial charge is 0.496 e. The fraction of sp³-hybridized carbons (Fsp3) is 0.500. The van der Waals surface area contributed by atoms with Gasteiger partial charge in [-0.1, -0.05) is 0 Å². The lowest BCUT2D eigenvalue weighted by atomic mass is 10.2. The molecule has 0 aliphatic rings. The van der Waals surface area contributed by atoms with Crippen LogP contribution in [-0.4, -0.2) is 25.4 Å². The molecule has 1 aromatic carbocycles. The van der Waals surface area contributed by atoms with Crippen molar-refractivity contribution in [1.29, 1.82) is 0 Å². The normalized spacial score (nSPS) is 10.1. The zero-order valence-corrected chi connectivity index (χ0v) is 9.42. The number of rotatable bonds is 6. The second-order valence-electron chi connectivity index (χ2n) is 3.54. The molecule has 0 spiro atoms. The second kappa shape index (κ2) is 6.30. The quantitative estimate of drug-likeness (QED) is 0.706. The molecule has 0 aliphatic heterocycles. The maximum atomic E-state index is 8.63. The lowest BCUT2D eigenvalue weighted by Crippen LogP contribution is -2.02. The minimum atomic E-state index is 0.267. The van der Waals surface area contributed by atoms with Crippen molar-refractivity contribution < 1.29 is 9.84 Å². The van der Waals surface area contributed by atoms with E-state index in [2.05, 4.69) is 11.4 Å². The number of anilines is 1. The Bertz CT molecular complexity index is 300. The van der Waals surface area contributed by atoms with Crippen LogP contribution in [0.4, 0.5) is 5.69 Å². The average Bonchev–Trinajstić information content (AvgIpc) is 2.25. The van der Waals surface area contributed by atoms with E-state index < -0.39 is 0 Å². The predicted molar refractivity (Wildman–Crippen MR) is 62.5 cm³/mol. The third-order valence-corrected chi connectivity index (χ3v) is 2.31. The van der Waals surface area contributed by atoms with Gasteiger partial charge in [-0.05, 0) is 43.5 Å². The minimum Gasteiger partial charge on any atom is -0.496 e. The molecule has 1 aromatic rings. The summed E-state index contributed by atoms with van der Waals surface area (Å²) in [5.41, 5.74) is 2.23. The van der Waals surface area contributed by atoms with Gasteiger partial charge >= 0.3 is 0 Å². The predicted octanol–water partition coefficient (Wildman–Crippen LogP) is 2.19. The number of aryl methyl sites for hydroxylation is 1. The number of unbranched alkanes of at least 4 members (excludes halogenated alkanes) is 1. The Morgan fingerprint density at radius 2 is 2.13 bits per heavy atom. The molecule has 3 nitrogen and oxygen atoms in total. The Morgan fingerprint density at radius 1 is 1.33 bits per heavy atom. The highest BCUT2D eigenvalue weighted by Crippen LogP contribution is 2.21. The van der Waals surface area contributed by atoms with Crippen LogP contribution in [0, 0.1) is 6.92 Å². The number of hydrogen-bond acceptors (Lipinski definition) is 3. The van der Waals surface area contributed by atoms with E-state index in [4.69, 9.17) is 9.84 Å². The third-order valence-electron chi connectivity index (χ3n) is 2.31. The van der Waals surface area contributed by atoms with Gasteiger partial charge in [-0.3, -0.25) is 0 Å². The Labute approximate surface area is 91.1 Å². The molecule has 0 aliphatic carbocycles. The van der Waals surface area contributed by atoms with Crippen LogP contribution in [0.1, 0.15) is 18.4 Å². The van der Waals surface area contributed by atoms with Crippen LogP contribution in [0.3, 0.4) is 0 Å². The molecule has 0 atom stereocenters. The summed E-state index contributed by atoms with van der Waals surface area (Å²) in [6.07, 6.45) is 1.84. The maximum absolute atomic E-state index is 8.63. The van der Waals surface area contributed by atoms with Gasteiger partial charge in [0.15, 0.2) is 0 Å². The van der Waals surface area contributed by atoms with Crippen molar-refractivity contribution in [3.63, 3.8) is 0 Å². The van der Waals surface area contributed by atoms with Gasteiger partial charge in [0.05, 0.1) is 7.11 Å². The van der Waals surface area contributed by atoms with Crippen LogP contribution in [0.2, 0.25) is 0 Å². The van der Waals surface area contributed by atoms with Gasteiger partial charge in [0.1, 0.15) is 5.75 Å². The van der Waals surface area contributed by atoms with E-state index in [1.165, 1.54) is 0 Å². The van der Waals surface area contributed by atoms with Crippen LogP contribution in [-0.2, 0) is 0 Å².